The highest BCUT2D eigenvalue weighted by Gasteiger charge is 2.27. The van der Waals surface area contributed by atoms with E-state index in [-0.39, 0.29) is 5.91 Å². The summed E-state index contributed by atoms with van der Waals surface area (Å²) in [6.07, 6.45) is 6.10. The van der Waals surface area contributed by atoms with Crippen LogP contribution in [-0.4, -0.2) is 28.9 Å². The van der Waals surface area contributed by atoms with Crippen LogP contribution in [0.5, 0.6) is 0 Å². The summed E-state index contributed by atoms with van der Waals surface area (Å²) >= 11 is 0. The first-order valence-electron chi connectivity index (χ1n) is 7.99. The topological polar surface area (TPSA) is 33.2 Å². The summed E-state index contributed by atoms with van der Waals surface area (Å²) in [6.45, 7) is 0. The molecular formula is C19H22N2O. The molecule has 22 heavy (non-hydrogen) atoms. The summed E-state index contributed by atoms with van der Waals surface area (Å²) < 4.78 is 0. The van der Waals surface area contributed by atoms with Crippen molar-refractivity contribution in [1.82, 2.24) is 9.88 Å². The van der Waals surface area contributed by atoms with Gasteiger partial charge in [-0.15, -0.1) is 0 Å². The Morgan fingerprint density at radius 3 is 2.32 bits per heavy atom. The average Bonchev–Trinajstić information content (AvgIpc) is 2.62. The molecule has 1 amide bonds. The van der Waals surface area contributed by atoms with E-state index in [0.29, 0.717) is 17.7 Å². The second-order valence-corrected chi connectivity index (χ2v) is 6.05. The van der Waals surface area contributed by atoms with Crippen LogP contribution in [0.3, 0.4) is 0 Å². The molecular weight excluding hydrogens is 272 g/mol. The number of pyridine rings is 1. The number of hydrogen-bond acceptors (Lipinski definition) is 2. The third-order valence-electron chi connectivity index (χ3n) is 4.72. The van der Waals surface area contributed by atoms with Crippen molar-refractivity contribution in [1.29, 1.82) is 0 Å². The molecule has 0 saturated heterocycles. The predicted octanol–water partition coefficient (Wildman–Crippen LogP) is 3.88. The zero-order valence-electron chi connectivity index (χ0n) is 13.0. The normalized spacial score (nSPS) is 21.3. The molecule has 1 aliphatic rings. The van der Waals surface area contributed by atoms with Gasteiger partial charge in [0.15, 0.2) is 0 Å². The van der Waals surface area contributed by atoms with Crippen LogP contribution in [0.15, 0.2) is 54.7 Å². The molecule has 0 N–H and O–H groups in total. The van der Waals surface area contributed by atoms with Crippen LogP contribution in [0.2, 0.25) is 0 Å². The van der Waals surface area contributed by atoms with Crippen LogP contribution in [0.25, 0.3) is 0 Å². The van der Waals surface area contributed by atoms with E-state index in [1.165, 1.54) is 5.56 Å². The summed E-state index contributed by atoms with van der Waals surface area (Å²) in [5.41, 5.74) is 1.97. The van der Waals surface area contributed by atoms with Gasteiger partial charge < -0.3 is 4.90 Å². The van der Waals surface area contributed by atoms with Gasteiger partial charge in [-0.1, -0.05) is 36.4 Å². The smallest absolute Gasteiger partial charge is 0.272 e. The maximum absolute atomic E-state index is 12.5. The summed E-state index contributed by atoms with van der Waals surface area (Å²) in [7, 11) is 1.91. The number of carbonyl (C=O) groups excluding carboxylic acids is 1. The van der Waals surface area contributed by atoms with Gasteiger partial charge in [0.1, 0.15) is 5.69 Å². The Balaban J connectivity index is 1.60. The third-order valence-corrected chi connectivity index (χ3v) is 4.72. The van der Waals surface area contributed by atoms with E-state index in [0.717, 1.165) is 25.7 Å². The second-order valence-electron chi connectivity index (χ2n) is 6.05. The lowest BCUT2D eigenvalue weighted by molar-refractivity contribution is 0.0683. The molecule has 0 aliphatic heterocycles. The minimum absolute atomic E-state index is 0.0313. The highest BCUT2D eigenvalue weighted by Crippen LogP contribution is 2.34. The lowest BCUT2D eigenvalue weighted by Gasteiger charge is -2.34. The minimum atomic E-state index is 0.0313. The molecule has 0 spiro atoms. The van der Waals surface area contributed by atoms with Gasteiger partial charge >= 0.3 is 0 Å². The largest absolute Gasteiger partial charge is 0.337 e. The van der Waals surface area contributed by atoms with Gasteiger partial charge in [-0.2, -0.15) is 0 Å². The molecule has 3 nitrogen and oxygen atoms in total. The fourth-order valence-corrected chi connectivity index (χ4v) is 3.36. The number of rotatable bonds is 3. The number of nitrogens with zero attached hydrogens (tertiary/aromatic N) is 2. The Labute approximate surface area is 132 Å². The first kappa shape index (κ1) is 14.8. The first-order valence-corrected chi connectivity index (χ1v) is 7.99. The molecule has 1 aromatic carbocycles. The lowest BCUT2D eigenvalue weighted by Crippen LogP contribution is -2.39. The van der Waals surface area contributed by atoms with Crippen molar-refractivity contribution in [3.05, 3.63) is 66.0 Å². The molecule has 0 unspecified atom stereocenters. The second kappa shape index (κ2) is 6.73. The maximum atomic E-state index is 12.5. The first-order chi connectivity index (χ1) is 10.8. The van der Waals surface area contributed by atoms with Crippen LogP contribution < -0.4 is 0 Å². The van der Waals surface area contributed by atoms with Crippen molar-refractivity contribution >= 4 is 5.91 Å². The SMILES string of the molecule is CN(C(=O)c1ccccn1)C1CCC(c2ccccc2)CC1. The van der Waals surface area contributed by atoms with Gasteiger partial charge in [-0.25, -0.2) is 0 Å². The highest BCUT2D eigenvalue weighted by atomic mass is 16.2. The quantitative estimate of drug-likeness (QED) is 0.860. The van der Waals surface area contributed by atoms with Crippen LogP contribution >= 0.6 is 0 Å². The maximum Gasteiger partial charge on any atom is 0.272 e. The summed E-state index contributed by atoms with van der Waals surface area (Å²) in [5, 5.41) is 0. The van der Waals surface area contributed by atoms with Crippen LogP contribution in [0.1, 0.15) is 47.7 Å². The van der Waals surface area contributed by atoms with Gasteiger partial charge in [-0.05, 0) is 49.3 Å². The van der Waals surface area contributed by atoms with Crippen molar-refractivity contribution in [3.8, 4) is 0 Å². The van der Waals surface area contributed by atoms with Gasteiger partial charge in [0.05, 0.1) is 0 Å². The van der Waals surface area contributed by atoms with Crippen molar-refractivity contribution in [2.24, 2.45) is 0 Å². The zero-order valence-corrected chi connectivity index (χ0v) is 13.0. The van der Waals surface area contributed by atoms with Gasteiger partial charge in [0, 0.05) is 19.3 Å². The average molecular weight is 294 g/mol. The van der Waals surface area contributed by atoms with E-state index in [1.807, 2.05) is 24.1 Å². The summed E-state index contributed by atoms with van der Waals surface area (Å²) in [4.78, 5) is 18.5. The van der Waals surface area contributed by atoms with E-state index in [1.54, 1.807) is 12.3 Å². The van der Waals surface area contributed by atoms with Crippen molar-refractivity contribution < 1.29 is 4.79 Å². The number of carbonyl (C=O) groups is 1. The molecule has 3 rings (SSSR count). The third kappa shape index (κ3) is 3.19. The molecule has 0 radical (unpaired) electrons. The Morgan fingerprint density at radius 2 is 1.68 bits per heavy atom. The number of aromatic nitrogens is 1. The molecule has 0 atom stereocenters. The van der Waals surface area contributed by atoms with Crippen LogP contribution in [-0.2, 0) is 0 Å². The molecule has 1 saturated carbocycles. The Hall–Kier alpha value is -2.16. The molecule has 1 aliphatic carbocycles. The fourth-order valence-electron chi connectivity index (χ4n) is 3.36. The van der Waals surface area contributed by atoms with E-state index in [2.05, 4.69) is 35.3 Å². The number of hydrogen-bond donors (Lipinski definition) is 0. The summed E-state index contributed by atoms with van der Waals surface area (Å²) in [6, 6.07) is 16.5. The summed E-state index contributed by atoms with van der Waals surface area (Å²) in [5.74, 6) is 0.666. The highest BCUT2D eigenvalue weighted by molar-refractivity contribution is 5.92. The van der Waals surface area contributed by atoms with Gasteiger partial charge in [0.25, 0.3) is 5.91 Å². The molecule has 3 heteroatoms. The van der Waals surface area contributed by atoms with E-state index in [4.69, 9.17) is 0 Å². The monoisotopic (exact) mass is 294 g/mol. The molecule has 1 fully saturated rings. The Bertz CT molecular complexity index is 604. The molecule has 1 aromatic heterocycles. The molecule has 114 valence electrons. The zero-order chi connectivity index (χ0) is 15.4. The minimum Gasteiger partial charge on any atom is -0.337 e. The number of amides is 1. The van der Waals surface area contributed by atoms with E-state index < -0.39 is 0 Å². The predicted molar refractivity (Wildman–Crippen MR) is 87.8 cm³/mol. The van der Waals surface area contributed by atoms with Crippen LogP contribution in [0, 0.1) is 0 Å². The van der Waals surface area contributed by atoms with Crippen molar-refractivity contribution in [2.45, 2.75) is 37.6 Å². The standard InChI is InChI=1S/C19H22N2O/c1-21(19(22)18-9-5-6-14-20-18)17-12-10-16(11-13-17)15-7-3-2-4-8-15/h2-9,14,16-17H,10-13H2,1H3. The van der Waals surface area contributed by atoms with Crippen LogP contribution in [0.4, 0.5) is 0 Å². The van der Waals surface area contributed by atoms with Crippen molar-refractivity contribution in [2.75, 3.05) is 7.05 Å². The molecule has 0 bridgehead atoms. The Morgan fingerprint density at radius 1 is 1.00 bits per heavy atom. The van der Waals surface area contributed by atoms with Crippen molar-refractivity contribution in [3.63, 3.8) is 0 Å². The number of benzene rings is 1. The Kier molecular flexibility index (Phi) is 4.52. The lowest BCUT2D eigenvalue weighted by atomic mass is 9.81. The van der Waals surface area contributed by atoms with Gasteiger partial charge in [-0.3, -0.25) is 9.78 Å². The van der Waals surface area contributed by atoms with E-state index in [9.17, 15) is 4.79 Å². The van der Waals surface area contributed by atoms with E-state index >= 15 is 0 Å². The fraction of sp³-hybridized carbons (Fsp3) is 0.368. The molecule has 1 heterocycles. The molecule has 2 aromatic rings. The van der Waals surface area contributed by atoms with Gasteiger partial charge in [0.2, 0.25) is 0 Å².